The van der Waals surface area contributed by atoms with Gasteiger partial charge in [-0.3, -0.25) is 19.9 Å². The van der Waals surface area contributed by atoms with Gasteiger partial charge in [0.25, 0.3) is 0 Å². The van der Waals surface area contributed by atoms with Crippen LogP contribution in [0.5, 0.6) is 0 Å². The Morgan fingerprint density at radius 1 is 0.457 bits per heavy atom. The Labute approximate surface area is 290 Å². The van der Waals surface area contributed by atoms with Gasteiger partial charge in [-0.25, -0.2) is 0 Å². The van der Waals surface area contributed by atoms with Crippen LogP contribution in [0.1, 0.15) is 41.5 Å². The summed E-state index contributed by atoms with van der Waals surface area (Å²) < 4.78 is 35.3. The molecule has 0 saturated carbocycles. The standard InChI is InChI=1S/2C16H22N2O3Si.ClH.Ir/c2*1-4-19-22(20-5-2,21-6-3)14-10-11-16(18-13-14)15-9-7-8-12-17-15;;/h2*7-13H,4-6H2,1-3H3;1H;/q;;;+1/p-1. The first kappa shape index (κ1) is 39.9. The van der Waals surface area contributed by atoms with Crippen molar-refractivity contribution in [2.45, 2.75) is 41.5 Å². The van der Waals surface area contributed by atoms with Crippen LogP contribution in [-0.2, 0) is 44.4 Å². The molecule has 252 valence electrons. The molecule has 4 rings (SSSR count). The molecule has 0 aliphatic rings. The molecule has 10 nitrogen and oxygen atoms in total. The van der Waals surface area contributed by atoms with E-state index in [1.807, 2.05) is 102 Å². The molecule has 0 unspecified atom stereocenters. The molecular weight excluding hydrogens is 820 g/mol. The molecular formula is C32H44ClIrN4O6Si2. The van der Waals surface area contributed by atoms with Crippen molar-refractivity contribution in [1.82, 2.24) is 19.9 Å². The van der Waals surface area contributed by atoms with Crippen molar-refractivity contribution in [3.05, 3.63) is 85.5 Å². The van der Waals surface area contributed by atoms with Gasteiger partial charge in [0.1, 0.15) is 0 Å². The molecule has 14 heteroatoms. The van der Waals surface area contributed by atoms with E-state index in [4.69, 9.17) is 26.6 Å². The number of pyridine rings is 4. The van der Waals surface area contributed by atoms with E-state index in [2.05, 4.69) is 29.5 Å². The maximum atomic E-state index is 5.88. The van der Waals surface area contributed by atoms with Gasteiger partial charge < -0.3 is 26.6 Å². The molecule has 0 atom stereocenters. The van der Waals surface area contributed by atoms with Crippen molar-refractivity contribution in [3.63, 3.8) is 0 Å². The fourth-order valence-electron chi connectivity index (χ4n) is 4.37. The minimum absolute atomic E-state index is 0.536. The summed E-state index contributed by atoms with van der Waals surface area (Å²) in [5.41, 5.74) is 3.31. The number of rotatable bonds is 16. The molecule has 0 aliphatic carbocycles. The minimum atomic E-state index is -2.88. The summed E-state index contributed by atoms with van der Waals surface area (Å²) in [5, 5.41) is 1.75. The summed E-state index contributed by atoms with van der Waals surface area (Å²) in [7, 11) is -1.12. The zero-order chi connectivity index (χ0) is 33.7. The van der Waals surface area contributed by atoms with Crippen molar-refractivity contribution < 1.29 is 44.4 Å². The van der Waals surface area contributed by atoms with E-state index in [1.165, 1.54) is 17.9 Å². The third-order valence-corrected chi connectivity index (χ3v) is 12.1. The van der Waals surface area contributed by atoms with Gasteiger partial charge in [0.05, 0.1) is 22.8 Å². The van der Waals surface area contributed by atoms with Gasteiger partial charge in [0.15, 0.2) is 0 Å². The second-order valence-corrected chi connectivity index (χ2v) is 14.1. The van der Waals surface area contributed by atoms with Crippen molar-refractivity contribution in [2.24, 2.45) is 0 Å². The normalized spacial score (nSPS) is 11.2. The van der Waals surface area contributed by atoms with E-state index in [0.29, 0.717) is 39.6 Å². The third kappa shape index (κ3) is 11.5. The summed E-state index contributed by atoms with van der Waals surface area (Å²) in [6.45, 7) is 14.9. The molecule has 4 aromatic rings. The van der Waals surface area contributed by atoms with Crippen LogP contribution < -0.4 is 10.4 Å². The summed E-state index contributed by atoms with van der Waals surface area (Å²) >= 11 is 1.47. The van der Waals surface area contributed by atoms with Crippen LogP contribution in [0.3, 0.4) is 0 Å². The van der Waals surface area contributed by atoms with E-state index in [9.17, 15) is 0 Å². The van der Waals surface area contributed by atoms with Gasteiger partial charge in [0, 0.05) is 74.8 Å². The molecule has 0 fully saturated rings. The van der Waals surface area contributed by atoms with Crippen LogP contribution >= 0.6 is 9.58 Å². The van der Waals surface area contributed by atoms with Crippen LogP contribution in [0.2, 0.25) is 0 Å². The molecule has 4 heterocycles. The summed E-state index contributed by atoms with van der Waals surface area (Å²) in [6, 6.07) is 19.3. The van der Waals surface area contributed by atoms with Gasteiger partial charge >= 0.3 is 45.1 Å². The Kier molecular flexibility index (Phi) is 19.4. The molecule has 0 amide bonds. The SMILES string of the molecule is CCO[Si](OCC)(OCC)c1ccc(-c2ccccn2)nc1.CCO[Si](OCC)(OCC)c1ccc(-c2ccccn2)nc1.[Cl][Ir]. The quantitative estimate of drug-likeness (QED) is 0.135. The van der Waals surface area contributed by atoms with E-state index in [0.717, 1.165) is 33.1 Å². The van der Waals surface area contributed by atoms with Crippen molar-refractivity contribution in [2.75, 3.05) is 39.6 Å². The van der Waals surface area contributed by atoms with Crippen LogP contribution in [0, 0.1) is 0 Å². The average Bonchev–Trinajstić information content (AvgIpc) is 3.11. The van der Waals surface area contributed by atoms with E-state index < -0.39 is 17.6 Å². The molecule has 0 aliphatic heterocycles. The van der Waals surface area contributed by atoms with Gasteiger partial charge in [-0.1, -0.05) is 24.3 Å². The van der Waals surface area contributed by atoms with Crippen molar-refractivity contribution in [1.29, 1.82) is 0 Å². The Balaban J connectivity index is 0.000000304. The zero-order valence-electron chi connectivity index (χ0n) is 27.3. The number of hydrogen-bond acceptors (Lipinski definition) is 10. The second kappa shape index (κ2) is 22.3. The summed E-state index contributed by atoms with van der Waals surface area (Å²) in [5.74, 6) is 0. The third-order valence-electron chi connectivity index (χ3n) is 6.09. The predicted octanol–water partition coefficient (Wildman–Crippen LogP) is 5.49. The Bertz CT molecular complexity index is 1210. The van der Waals surface area contributed by atoms with Crippen LogP contribution in [-0.4, -0.2) is 77.2 Å². The second-order valence-electron chi connectivity index (χ2n) is 9.00. The van der Waals surface area contributed by atoms with Crippen LogP contribution in [0.4, 0.5) is 0 Å². The molecule has 0 spiro atoms. The topological polar surface area (TPSA) is 107 Å². The van der Waals surface area contributed by atoms with Crippen LogP contribution in [0.15, 0.2) is 85.5 Å². The molecule has 46 heavy (non-hydrogen) atoms. The number of halogens is 1. The van der Waals surface area contributed by atoms with Crippen molar-refractivity contribution >= 4 is 37.6 Å². The Morgan fingerprint density at radius 3 is 0.978 bits per heavy atom. The van der Waals surface area contributed by atoms with Crippen LogP contribution in [0.25, 0.3) is 22.8 Å². The molecule has 0 bridgehead atoms. The first-order chi connectivity index (χ1) is 22.5. The molecule has 0 N–H and O–H groups in total. The van der Waals surface area contributed by atoms with Gasteiger partial charge in [-0.2, -0.15) is 0 Å². The van der Waals surface area contributed by atoms with Crippen molar-refractivity contribution in [3.8, 4) is 22.8 Å². The Morgan fingerprint density at radius 2 is 0.761 bits per heavy atom. The maximum absolute atomic E-state index is 5.88. The summed E-state index contributed by atoms with van der Waals surface area (Å²) in [4.78, 5) is 17.6. The number of nitrogens with zero attached hydrogens (tertiary/aromatic N) is 4. The first-order valence-electron chi connectivity index (χ1n) is 15.2. The molecule has 4 aromatic heterocycles. The van der Waals surface area contributed by atoms with Gasteiger partial charge in [-0.15, -0.1) is 0 Å². The zero-order valence-corrected chi connectivity index (χ0v) is 32.4. The molecule has 0 aromatic carbocycles. The van der Waals surface area contributed by atoms with E-state index in [-0.39, 0.29) is 0 Å². The van der Waals surface area contributed by atoms with Gasteiger partial charge in [0.2, 0.25) is 0 Å². The number of hydrogen-bond donors (Lipinski definition) is 0. The fourth-order valence-corrected chi connectivity index (χ4v) is 9.17. The average molecular weight is 865 g/mol. The van der Waals surface area contributed by atoms with E-state index >= 15 is 0 Å². The summed E-state index contributed by atoms with van der Waals surface area (Å²) in [6.07, 6.45) is 7.06. The number of aromatic nitrogens is 4. The fraction of sp³-hybridized carbons (Fsp3) is 0.375. The molecule has 0 saturated heterocycles. The first-order valence-corrected chi connectivity index (χ1v) is 21.6. The predicted molar refractivity (Wildman–Crippen MR) is 181 cm³/mol. The van der Waals surface area contributed by atoms with Gasteiger partial charge in [-0.05, 0) is 77.9 Å². The van der Waals surface area contributed by atoms with E-state index in [1.54, 1.807) is 24.8 Å². The Hall–Kier alpha value is -2.27. The monoisotopic (exact) mass is 864 g/mol. The molecule has 0 radical (unpaired) electrons.